The van der Waals surface area contributed by atoms with Gasteiger partial charge in [-0.1, -0.05) is 49.4 Å². The highest BCUT2D eigenvalue weighted by Gasteiger charge is 2.09. The molecule has 4 nitrogen and oxygen atoms in total. The number of aromatic nitrogens is 1. The van der Waals surface area contributed by atoms with Crippen molar-refractivity contribution in [2.45, 2.75) is 39.2 Å². The first-order chi connectivity index (χ1) is 9.04. The number of carbonyl (C=O) groups is 1. The summed E-state index contributed by atoms with van der Waals surface area (Å²) < 4.78 is 6.19. The van der Waals surface area contributed by atoms with Crippen molar-refractivity contribution in [2.75, 3.05) is 6.61 Å². The van der Waals surface area contributed by atoms with Crippen LogP contribution in [0.4, 0.5) is 0 Å². The molecule has 0 N–H and O–H groups in total. The summed E-state index contributed by atoms with van der Waals surface area (Å²) in [5.74, 6) is -0.461. The normalized spacial score (nSPS) is 10.5. The second-order valence-electron chi connectivity index (χ2n) is 4.22. The lowest BCUT2D eigenvalue weighted by Gasteiger charge is -2.07. The van der Waals surface area contributed by atoms with E-state index >= 15 is 0 Å². The van der Waals surface area contributed by atoms with Crippen molar-refractivity contribution in [3.63, 3.8) is 0 Å². The summed E-state index contributed by atoms with van der Waals surface area (Å²) in [5.41, 5.74) is -0.450. The van der Waals surface area contributed by atoms with E-state index in [-0.39, 0.29) is 11.6 Å². The van der Waals surface area contributed by atoms with Crippen LogP contribution >= 0.6 is 23.2 Å². The van der Waals surface area contributed by atoms with E-state index in [9.17, 15) is 9.59 Å². The van der Waals surface area contributed by atoms with Crippen LogP contribution in [0.15, 0.2) is 17.1 Å². The SMILES string of the molecule is CCCCCCOC(=O)Cn1cc(Cl)cc(Cl)c1=O. The minimum atomic E-state index is -0.461. The Balaban J connectivity index is 2.47. The highest BCUT2D eigenvalue weighted by molar-refractivity contribution is 6.34. The van der Waals surface area contributed by atoms with E-state index in [0.717, 1.165) is 30.3 Å². The van der Waals surface area contributed by atoms with Gasteiger partial charge in [-0.3, -0.25) is 9.59 Å². The number of pyridine rings is 1. The van der Waals surface area contributed by atoms with E-state index in [1.807, 2.05) is 0 Å². The topological polar surface area (TPSA) is 48.3 Å². The van der Waals surface area contributed by atoms with Crippen LogP contribution in [-0.2, 0) is 16.1 Å². The average Bonchev–Trinajstić information content (AvgIpc) is 2.35. The van der Waals surface area contributed by atoms with Crippen LogP contribution in [-0.4, -0.2) is 17.1 Å². The fraction of sp³-hybridized carbons (Fsp3) is 0.538. The molecule has 0 fully saturated rings. The van der Waals surface area contributed by atoms with Gasteiger partial charge in [0.15, 0.2) is 0 Å². The maximum atomic E-state index is 11.6. The third kappa shape index (κ3) is 5.66. The van der Waals surface area contributed by atoms with Crippen molar-refractivity contribution >= 4 is 29.2 Å². The fourth-order valence-corrected chi connectivity index (χ4v) is 2.09. The maximum absolute atomic E-state index is 11.6. The lowest BCUT2D eigenvalue weighted by Crippen LogP contribution is -2.25. The lowest BCUT2D eigenvalue weighted by atomic mass is 10.2. The van der Waals surface area contributed by atoms with E-state index in [4.69, 9.17) is 27.9 Å². The van der Waals surface area contributed by atoms with Gasteiger partial charge in [0.2, 0.25) is 0 Å². The molecule has 0 atom stereocenters. The molecule has 0 aromatic carbocycles. The molecule has 0 saturated carbocycles. The summed E-state index contributed by atoms with van der Waals surface area (Å²) in [6.07, 6.45) is 5.50. The molecule has 0 spiro atoms. The molecule has 1 aromatic rings. The third-order valence-corrected chi connectivity index (χ3v) is 3.05. The third-order valence-electron chi connectivity index (χ3n) is 2.57. The molecule has 0 saturated heterocycles. The Bertz CT molecular complexity index is 485. The number of hydrogen-bond donors (Lipinski definition) is 0. The van der Waals surface area contributed by atoms with Crippen LogP contribution in [0.2, 0.25) is 10.0 Å². The number of unbranched alkanes of at least 4 members (excludes halogenated alkanes) is 3. The molecule has 1 rings (SSSR count). The first-order valence-corrected chi connectivity index (χ1v) is 7.01. The first kappa shape index (κ1) is 16.1. The van der Waals surface area contributed by atoms with Crippen LogP contribution in [0, 0.1) is 0 Å². The molecule has 6 heteroatoms. The van der Waals surface area contributed by atoms with Crippen LogP contribution < -0.4 is 5.56 Å². The molecule has 19 heavy (non-hydrogen) atoms. The van der Waals surface area contributed by atoms with Gasteiger partial charge in [0, 0.05) is 6.20 Å². The van der Waals surface area contributed by atoms with Gasteiger partial charge < -0.3 is 9.30 Å². The summed E-state index contributed by atoms with van der Waals surface area (Å²) in [4.78, 5) is 23.2. The first-order valence-electron chi connectivity index (χ1n) is 6.25. The number of nitrogens with zero attached hydrogens (tertiary/aromatic N) is 1. The standard InChI is InChI=1S/C13H17Cl2NO3/c1-2-3-4-5-6-19-12(17)9-16-8-10(14)7-11(15)13(16)18/h7-8H,2-6,9H2,1H3. The van der Waals surface area contributed by atoms with Crippen molar-refractivity contribution in [1.82, 2.24) is 4.57 Å². The molecule has 0 aliphatic rings. The smallest absolute Gasteiger partial charge is 0.326 e. The molecule has 0 amide bonds. The molecular weight excluding hydrogens is 289 g/mol. The van der Waals surface area contributed by atoms with Gasteiger partial charge in [0.1, 0.15) is 11.6 Å². The lowest BCUT2D eigenvalue weighted by molar-refractivity contribution is -0.144. The molecule has 0 aliphatic carbocycles. The Morgan fingerprint density at radius 3 is 2.74 bits per heavy atom. The summed E-state index contributed by atoms with van der Waals surface area (Å²) in [6, 6.07) is 1.35. The predicted molar refractivity (Wildman–Crippen MR) is 75.8 cm³/mol. The molecule has 1 heterocycles. The molecule has 0 bridgehead atoms. The molecular formula is C13H17Cl2NO3. The van der Waals surface area contributed by atoms with Gasteiger partial charge in [-0.25, -0.2) is 0 Å². The Hall–Kier alpha value is -1.00. The van der Waals surface area contributed by atoms with E-state index in [1.165, 1.54) is 12.3 Å². The Morgan fingerprint density at radius 1 is 1.32 bits per heavy atom. The largest absolute Gasteiger partial charge is 0.464 e. The maximum Gasteiger partial charge on any atom is 0.326 e. The van der Waals surface area contributed by atoms with E-state index in [2.05, 4.69) is 6.92 Å². The number of carbonyl (C=O) groups excluding carboxylic acids is 1. The summed E-state index contributed by atoms with van der Waals surface area (Å²) >= 11 is 11.5. The predicted octanol–water partition coefficient (Wildman–Crippen LogP) is 3.28. The summed E-state index contributed by atoms with van der Waals surface area (Å²) in [6.45, 7) is 2.32. The second-order valence-corrected chi connectivity index (χ2v) is 5.06. The van der Waals surface area contributed by atoms with Gasteiger partial charge in [-0.05, 0) is 12.5 Å². The number of ether oxygens (including phenoxy) is 1. The van der Waals surface area contributed by atoms with Crippen molar-refractivity contribution in [3.8, 4) is 0 Å². The number of halogens is 2. The van der Waals surface area contributed by atoms with Crippen LogP contribution in [0.5, 0.6) is 0 Å². The Kier molecular flexibility index (Phi) is 6.95. The Morgan fingerprint density at radius 2 is 2.05 bits per heavy atom. The zero-order chi connectivity index (χ0) is 14.3. The zero-order valence-corrected chi connectivity index (χ0v) is 12.3. The minimum Gasteiger partial charge on any atom is -0.464 e. The van der Waals surface area contributed by atoms with E-state index in [0.29, 0.717) is 11.6 Å². The van der Waals surface area contributed by atoms with E-state index < -0.39 is 11.5 Å². The molecule has 0 unspecified atom stereocenters. The van der Waals surface area contributed by atoms with Crippen LogP contribution in [0.3, 0.4) is 0 Å². The summed E-state index contributed by atoms with van der Waals surface area (Å²) in [7, 11) is 0. The number of rotatable bonds is 7. The molecule has 0 aliphatic heterocycles. The van der Waals surface area contributed by atoms with Gasteiger partial charge in [-0.2, -0.15) is 0 Å². The van der Waals surface area contributed by atoms with Gasteiger partial charge >= 0.3 is 5.97 Å². The number of esters is 1. The average molecular weight is 306 g/mol. The van der Waals surface area contributed by atoms with Gasteiger partial charge in [-0.15, -0.1) is 0 Å². The highest BCUT2D eigenvalue weighted by atomic mass is 35.5. The second kappa shape index (κ2) is 8.23. The van der Waals surface area contributed by atoms with Crippen molar-refractivity contribution in [1.29, 1.82) is 0 Å². The number of hydrogen-bond acceptors (Lipinski definition) is 3. The fourth-order valence-electron chi connectivity index (χ4n) is 1.58. The van der Waals surface area contributed by atoms with E-state index in [1.54, 1.807) is 0 Å². The minimum absolute atomic E-state index is 0.0109. The zero-order valence-electron chi connectivity index (χ0n) is 10.8. The molecule has 0 radical (unpaired) electrons. The monoisotopic (exact) mass is 305 g/mol. The summed E-state index contributed by atoms with van der Waals surface area (Å²) in [5, 5.41) is 0.295. The van der Waals surface area contributed by atoms with Gasteiger partial charge in [0.25, 0.3) is 5.56 Å². The van der Waals surface area contributed by atoms with Gasteiger partial charge in [0.05, 0.1) is 11.6 Å². The van der Waals surface area contributed by atoms with Crippen molar-refractivity contribution < 1.29 is 9.53 Å². The quantitative estimate of drug-likeness (QED) is 0.574. The van der Waals surface area contributed by atoms with Crippen LogP contribution in [0.1, 0.15) is 32.6 Å². The Labute approximate surface area is 122 Å². The van der Waals surface area contributed by atoms with Crippen molar-refractivity contribution in [3.05, 3.63) is 32.7 Å². The molecule has 1 aromatic heterocycles. The van der Waals surface area contributed by atoms with Crippen molar-refractivity contribution in [2.24, 2.45) is 0 Å². The van der Waals surface area contributed by atoms with Crippen LogP contribution in [0.25, 0.3) is 0 Å². The molecule has 106 valence electrons. The highest BCUT2D eigenvalue weighted by Crippen LogP contribution is 2.11.